The summed E-state index contributed by atoms with van der Waals surface area (Å²) in [6.07, 6.45) is 11.7. The fraction of sp³-hybridized carbons (Fsp3) is 0.400. The normalized spacial score (nSPS) is 17.3. The zero-order valence-electron chi connectivity index (χ0n) is 23.8. The van der Waals surface area contributed by atoms with Gasteiger partial charge < -0.3 is 15.7 Å². The zero-order valence-corrected chi connectivity index (χ0v) is 23.8. The minimum Gasteiger partial charge on any atom is -0.481 e. The predicted molar refractivity (Wildman–Crippen MR) is 155 cm³/mol. The first-order valence-corrected chi connectivity index (χ1v) is 13.9. The summed E-state index contributed by atoms with van der Waals surface area (Å²) in [5.41, 5.74) is 4.90. The van der Waals surface area contributed by atoms with Crippen LogP contribution in [0.5, 0.6) is 0 Å². The van der Waals surface area contributed by atoms with Gasteiger partial charge in [0.05, 0.1) is 46.8 Å². The van der Waals surface area contributed by atoms with Gasteiger partial charge in [-0.25, -0.2) is 9.97 Å². The number of hydrogen-bond acceptors (Lipinski definition) is 7. The van der Waals surface area contributed by atoms with E-state index >= 15 is 0 Å². The standard InChI is InChI=1S/C30H36N8O3/c1-19-13-21(5-6-22(19)14-32-27(39)23-15-34-38(17-23)30(2,3)4)26-11-12-31-29(36-26)35-24-16-33-37(18-24)25-9-7-20(8-10-25)28(40)41/h5-6,11-13,15-18,20,25H,7-10,14H2,1-4H3,(H,32,39)(H,40,41)(H,31,35,36)/t20-,25+. The number of carbonyl (C=O) groups excluding carboxylic acids is 1. The lowest BCUT2D eigenvalue weighted by molar-refractivity contribution is -0.143. The van der Waals surface area contributed by atoms with E-state index in [9.17, 15) is 14.7 Å². The highest BCUT2D eigenvalue weighted by Gasteiger charge is 2.27. The molecule has 11 heteroatoms. The van der Waals surface area contributed by atoms with Gasteiger partial charge in [0.15, 0.2) is 0 Å². The van der Waals surface area contributed by atoms with Crippen LogP contribution in [0, 0.1) is 12.8 Å². The van der Waals surface area contributed by atoms with E-state index in [1.807, 2.05) is 56.8 Å². The largest absolute Gasteiger partial charge is 0.481 e. The molecule has 4 aromatic rings. The number of amides is 1. The Hall–Kier alpha value is -4.54. The van der Waals surface area contributed by atoms with E-state index in [2.05, 4.69) is 31.9 Å². The average Bonchev–Trinajstić information content (AvgIpc) is 3.63. The van der Waals surface area contributed by atoms with Crippen LogP contribution < -0.4 is 10.6 Å². The summed E-state index contributed by atoms with van der Waals surface area (Å²) in [4.78, 5) is 33.0. The smallest absolute Gasteiger partial charge is 0.306 e. The van der Waals surface area contributed by atoms with Crippen molar-refractivity contribution in [3.63, 3.8) is 0 Å². The molecule has 0 aliphatic heterocycles. The van der Waals surface area contributed by atoms with Crippen LogP contribution in [0.1, 0.15) is 74.0 Å². The van der Waals surface area contributed by atoms with Crippen molar-refractivity contribution < 1.29 is 14.7 Å². The quantitative estimate of drug-likeness (QED) is 0.273. The third-order valence-electron chi connectivity index (χ3n) is 7.54. The number of aromatic nitrogens is 6. The number of carboxylic acids is 1. The Labute approximate surface area is 239 Å². The fourth-order valence-corrected chi connectivity index (χ4v) is 5.04. The third kappa shape index (κ3) is 6.62. The van der Waals surface area contributed by atoms with Crippen LogP contribution in [-0.4, -0.2) is 46.5 Å². The lowest BCUT2D eigenvalue weighted by Gasteiger charge is -2.26. The molecule has 214 valence electrons. The van der Waals surface area contributed by atoms with Crippen LogP contribution in [0.3, 0.4) is 0 Å². The zero-order chi connectivity index (χ0) is 29.1. The molecule has 1 aliphatic rings. The summed E-state index contributed by atoms with van der Waals surface area (Å²) in [5, 5.41) is 24.2. The molecule has 3 aromatic heterocycles. The average molecular weight is 557 g/mol. The lowest BCUT2D eigenvalue weighted by Crippen LogP contribution is -2.24. The van der Waals surface area contributed by atoms with Gasteiger partial charge in [-0.05, 0) is 76.6 Å². The van der Waals surface area contributed by atoms with Gasteiger partial charge >= 0.3 is 5.97 Å². The van der Waals surface area contributed by atoms with Gasteiger partial charge in [0.1, 0.15) is 0 Å². The van der Waals surface area contributed by atoms with E-state index in [0.29, 0.717) is 30.9 Å². The van der Waals surface area contributed by atoms with E-state index in [1.165, 1.54) is 0 Å². The van der Waals surface area contributed by atoms with Crippen LogP contribution >= 0.6 is 0 Å². The first-order valence-electron chi connectivity index (χ1n) is 13.9. The molecule has 0 atom stereocenters. The lowest BCUT2D eigenvalue weighted by atomic mass is 9.86. The molecule has 1 aromatic carbocycles. The van der Waals surface area contributed by atoms with E-state index < -0.39 is 5.97 Å². The molecule has 5 rings (SSSR count). The molecule has 1 amide bonds. The van der Waals surface area contributed by atoms with Crippen LogP contribution in [0.4, 0.5) is 11.6 Å². The highest BCUT2D eigenvalue weighted by molar-refractivity contribution is 5.93. The van der Waals surface area contributed by atoms with Crippen molar-refractivity contribution in [2.45, 2.75) is 71.5 Å². The molecular formula is C30H36N8O3. The van der Waals surface area contributed by atoms with Crippen molar-refractivity contribution in [2.24, 2.45) is 5.92 Å². The van der Waals surface area contributed by atoms with Gasteiger partial charge in [-0.3, -0.25) is 19.0 Å². The van der Waals surface area contributed by atoms with E-state index in [-0.39, 0.29) is 23.4 Å². The van der Waals surface area contributed by atoms with Crippen LogP contribution in [-0.2, 0) is 16.9 Å². The number of rotatable bonds is 8. The maximum Gasteiger partial charge on any atom is 0.306 e. The minimum atomic E-state index is -0.708. The first-order chi connectivity index (χ1) is 19.6. The molecule has 1 fully saturated rings. The third-order valence-corrected chi connectivity index (χ3v) is 7.54. The van der Waals surface area contributed by atoms with Crippen LogP contribution in [0.25, 0.3) is 11.3 Å². The second-order valence-electron chi connectivity index (χ2n) is 11.6. The number of carbonyl (C=O) groups is 2. The van der Waals surface area contributed by atoms with Crippen LogP contribution in [0.2, 0.25) is 0 Å². The summed E-state index contributed by atoms with van der Waals surface area (Å²) >= 11 is 0. The Morgan fingerprint density at radius 3 is 2.51 bits per heavy atom. The Balaban J connectivity index is 1.20. The summed E-state index contributed by atoms with van der Waals surface area (Å²) in [5.74, 6) is -0.662. The van der Waals surface area contributed by atoms with Gasteiger partial charge in [-0.15, -0.1) is 0 Å². The van der Waals surface area contributed by atoms with E-state index in [1.54, 1.807) is 29.5 Å². The number of aryl methyl sites for hydroxylation is 1. The van der Waals surface area contributed by atoms with Gasteiger partial charge in [0.2, 0.25) is 5.95 Å². The molecule has 11 nitrogen and oxygen atoms in total. The van der Waals surface area contributed by atoms with Gasteiger partial charge in [-0.1, -0.05) is 12.1 Å². The summed E-state index contributed by atoms with van der Waals surface area (Å²) in [6, 6.07) is 8.10. The second kappa shape index (κ2) is 11.5. The molecule has 3 N–H and O–H groups in total. The first kappa shape index (κ1) is 28.0. The second-order valence-corrected chi connectivity index (χ2v) is 11.6. The number of aliphatic carboxylic acids is 1. The number of carboxylic acid groups (broad SMARTS) is 1. The Morgan fingerprint density at radius 1 is 1.05 bits per heavy atom. The monoisotopic (exact) mass is 556 g/mol. The summed E-state index contributed by atoms with van der Waals surface area (Å²) in [6.45, 7) is 8.53. The van der Waals surface area contributed by atoms with Crippen molar-refractivity contribution in [2.75, 3.05) is 5.32 Å². The predicted octanol–water partition coefficient (Wildman–Crippen LogP) is 5.09. The highest BCUT2D eigenvalue weighted by atomic mass is 16.4. The van der Waals surface area contributed by atoms with Gasteiger partial charge in [0.25, 0.3) is 5.91 Å². The number of hydrogen-bond donors (Lipinski definition) is 3. The fourth-order valence-electron chi connectivity index (χ4n) is 5.04. The highest BCUT2D eigenvalue weighted by Crippen LogP contribution is 2.32. The molecule has 0 saturated heterocycles. The minimum absolute atomic E-state index is 0.160. The van der Waals surface area contributed by atoms with Gasteiger partial charge in [-0.2, -0.15) is 10.2 Å². The molecule has 1 aliphatic carbocycles. The number of anilines is 2. The molecule has 0 bridgehead atoms. The maximum atomic E-state index is 12.7. The van der Waals surface area contributed by atoms with E-state index in [0.717, 1.165) is 40.9 Å². The topological polar surface area (TPSA) is 140 Å². The Bertz CT molecular complexity index is 1540. The van der Waals surface area contributed by atoms with Crippen molar-refractivity contribution >= 4 is 23.5 Å². The number of nitrogens with zero attached hydrogens (tertiary/aromatic N) is 6. The van der Waals surface area contributed by atoms with Crippen molar-refractivity contribution in [3.05, 3.63) is 71.9 Å². The number of nitrogens with one attached hydrogen (secondary N) is 2. The summed E-state index contributed by atoms with van der Waals surface area (Å²) < 4.78 is 3.69. The molecule has 0 spiro atoms. The Kier molecular flexibility index (Phi) is 7.87. The summed E-state index contributed by atoms with van der Waals surface area (Å²) in [7, 11) is 0. The Morgan fingerprint density at radius 2 is 1.83 bits per heavy atom. The van der Waals surface area contributed by atoms with Crippen LogP contribution in [0.15, 0.2) is 55.2 Å². The maximum absolute atomic E-state index is 12.7. The SMILES string of the molecule is Cc1cc(-c2ccnc(Nc3cnn([C@H]4CC[C@@H](C(=O)O)CC4)c3)n2)ccc1CNC(=O)c1cnn(C(C)(C)C)c1. The van der Waals surface area contributed by atoms with E-state index in [4.69, 9.17) is 4.98 Å². The molecule has 3 heterocycles. The molecule has 1 saturated carbocycles. The molecular weight excluding hydrogens is 520 g/mol. The van der Waals surface area contributed by atoms with Gasteiger partial charge in [0, 0.05) is 30.7 Å². The molecule has 0 radical (unpaired) electrons. The van der Waals surface area contributed by atoms with Crippen molar-refractivity contribution in [1.82, 2.24) is 34.8 Å². The molecule has 0 unspecified atom stereocenters. The van der Waals surface area contributed by atoms with Crippen molar-refractivity contribution in [3.8, 4) is 11.3 Å². The van der Waals surface area contributed by atoms with Crippen molar-refractivity contribution in [1.29, 1.82) is 0 Å². The number of benzene rings is 1. The molecule has 41 heavy (non-hydrogen) atoms.